The molecule has 34 heavy (non-hydrogen) atoms. The van der Waals surface area contributed by atoms with Crippen LogP contribution in [0.15, 0.2) is 52.1 Å². The van der Waals surface area contributed by atoms with Crippen molar-refractivity contribution in [1.82, 2.24) is 24.3 Å². The van der Waals surface area contributed by atoms with Gasteiger partial charge < -0.3 is 5.32 Å². The Balaban J connectivity index is 1.82. The minimum absolute atomic E-state index is 0.00808. The summed E-state index contributed by atoms with van der Waals surface area (Å²) < 4.78 is 3.13. The number of aromatic nitrogens is 5. The monoisotopic (exact) mass is 460 g/mol. The summed E-state index contributed by atoms with van der Waals surface area (Å²) in [6.07, 6.45) is 0.675. The van der Waals surface area contributed by atoms with Gasteiger partial charge in [-0.3, -0.25) is 19.1 Å². The van der Waals surface area contributed by atoms with E-state index >= 15 is 0 Å². The van der Waals surface area contributed by atoms with Gasteiger partial charge in [0.25, 0.3) is 11.5 Å². The van der Waals surface area contributed by atoms with E-state index in [-0.39, 0.29) is 22.5 Å². The minimum atomic E-state index is -0.630. The Labute approximate surface area is 196 Å². The predicted molar refractivity (Wildman–Crippen MR) is 131 cm³/mol. The van der Waals surface area contributed by atoms with Gasteiger partial charge >= 0.3 is 5.69 Å². The first-order chi connectivity index (χ1) is 16.3. The molecule has 0 radical (unpaired) electrons. The number of carbonyl (C=O) groups is 1. The molecule has 2 N–H and O–H groups in total. The van der Waals surface area contributed by atoms with E-state index in [1.165, 1.54) is 4.57 Å². The van der Waals surface area contributed by atoms with E-state index in [4.69, 9.17) is 0 Å². The van der Waals surface area contributed by atoms with Gasteiger partial charge in [0.15, 0.2) is 5.65 Å². The highest BCUT2D eigenvalue weighted by atomic mass is 16.2. The van der Waals surface area contributed by atoms with E-state index in [2.05, 4.69) is 20.4 Å². The third-order valence-electron chi connectivity index (χ3n) is 5.57. The summed E-state index contributed by atoms with van der Waals surface area (Å²) in [4.78, 5) is 45.7. The summed E-state index contributed by atoms with van der Waals surface area (Å²) in [6, 6.07) is 13.2. The molecule has 1 aromatic carbocycles. The average Bonchev–Trinajstić information content (AvgIpc) is 3.14. The van der Waals surface area contributed by atoms with Gasteiger partial charge in [0, 0.05) is 18.3 Å². The highest BCUT2D eigenvalue weighted by molar-refractivity contribution is 6.11. The molecule has 0 aliphatic carbocycles. The smallest absolute Gasteiger partial charge is 0.307 e. The van der Waals surface area contributed by atoms with Crippen LogP contribution < -0.4 is 16.6 Å². The maximum atomic E-state index is 13.5. The number of aromatic amines is 1. The lowest BCUT2D eigenvalue weighted by Gasteiger charge is -2.15. The Bertz CT molecular complexity index is 1460. The molecule has 0 spiro atoms. The second kappa shape index (κ2) is 9.46. The van der Waals surface area contributed by atoms with Gasteiger partial charge in [-0.15, -0.1) is 0 Å². The molecule has 0 bridgehead atoms. The number of aryl methyl sites for hydroxylation is 2. The fourth-order valence-electron chi connectivity index (χ4n) is 3.91. The molecule has 0 saturated heterocycles. The van der Waals surface area contributed by atoms with E-state index in [9.17, 15) is 14.4 Å². The summed E-state index contributed by atoms with van der Waals surface area (Å²) >= 11 is 0. The number of pyridine rings is 1. The van der Waals surface area contributed by atoms with Crippen LogP contribution in [0.4, 0.5) is 5.82 Å². The molecular formula is C25H28N6O3. The normalized spacial score (nSPS) is 11.3. The van der Waals surface area contributed by atoms with Gasteiger partial charge in [-0.05, 0) is 30.9 Å². The third kappa shape index (κ3) is 4.54. The molecule has 1 amide bonds. The van der Waals surface area contributed by atoms with E-state index < -0.39 is 17.2 Å². The number of benzene rings is 1. The number of hydrogen-bond acceptors (Lipinski definition) is 5. The van der Waals surface area contributed by atoms with Crippen LogP contribution in [-0.4, -0.2) is 30.2 Å². The van der Waals surface area contributed by atoms with Crippen LogP contribution in [0, 0.1) is 6.92 Å². The quantitative estimate of drug-likeness (QED) is 0.439. The van der Waals surface area contributed by atoms with Crippen LogP contribution in [0.25, 0.3) is 11.0 Å². The summed E-state index contributed by atoms with van der Waals surface area (Å²) in [5.41, 5.74) is 1.65. The van der Waals surface area contributed by atoms with Gasteiger partial charge in [-0.25, -0.2) is 14.5 Å². The van der Waals surface area contributed by atoms with Crippen molar-refractivity contribution in [3.63, 3.8) is 0 Å². The second-order valence-corrected chi connectivity index (χ2v) is 8.63. The number of anilines is 1. The maximum Gasteiger partial charge on any atom is 0.329 e. The van der Waals surface area contributed by atoms with Crippen molar-refractivity contribution in [3.8, 4) is 0 Å². The van der Waals surface area contributed by atoms with Gasteiger partial charge in [0.1, 0.15) is 5.82 Å². The van der Waals surface area contributed by atoms with Crippen LogP contribution in [-0.2, 0) is 13.1 Å². The highest BCUT2D eigenvalue weighted by Gasteiger charge is 2.21. The molecule has 176 valence electrons. The second-order valence-electron chi connectivity index (χ2n) is 8.63. The fraction of sp³-hybridized carbons (Fsp3) is 0.320. The zero-order valence-electron chi connectivity index (χ0n) is 19.8. The van der Waals surface area contributed by atoms with Gasteiger partial charge in [-0.2, -0.15) is 5.10 Å². The van der Waals surface area contributed by atoms with Crippen molar-refractivity contribution in [2.24, 2.45) is 0 Å². The lowest BCUT2D eigenvalue weighted by Crippen LogP contribution is -2.32. The van der Waals surface area contributed by atoms with Crippen LogP contribution in [0.2, 0.25) is 0 Å². The number of rotatable bonds is 7. The predicted octanol–water partition coefficient (Wildman–Crippen LogP) is 3.42. The number of H-pyrrole nitrogens is 1. The SMILES string of the molecule is CCCn1c(=O)[nH]c(=O)c2c(C(=O)Nc3cc(C)nn3Cc3ccccc3)cc(C(C)C)nc21. The number of nitrogens with zero attached hydrogens (tertiary/aromatic N) is 4. The van der Waals surface area contributed by atoms with Crippen LogP contribution in [0.3, 0.4) is 0 Å². The molecule has 4 rings (SSSR count). The van der Waals surface area contributed by atoms with Gasteiger partial charge in [0.2, 0.25) is 0 Å². The molecular weight excluding hydrogens is 432 g/mol. The van der Waals surface area contributed by atoms with Crippen molar-refractivity contribution < 1.29 is 4.79 Å². The van der Waals surface area contributed by atoms with Gasteiger partial charge in [-0.1, -0.05) is 51.1 Å². The molecule has 0 aliphatic rings. The topological polar surface area (TPSA) is 115 Å². The molecule has 3 heterocycles. The van der Waals surface area contributed by atoms with Crippen LogP contribution in [0.5, 0.6) is 0 Å². The lowest BCUT2D eigenvalue weighted by atomic mass is 10.0. The Kier molecular flexibility index (Phi) is 6.45. The van der Waals surface area contributed by atoms with Crippen molar-refractivity contribution >= 4 is 22.8 Å². The van der Waals surface area contributed by atoms with Crippen LogP contribution in [0.1, 0.15) is 60.4 Å². The first kappa shape index (κ1) is 23.2. The minimum Gasteiger partial charge on any atom is -0.307 e. The number of hydrogen-bond donors (Lipinski definition) is 2. The molecule has 0 saturated carbocycles. The zero-order valence-corrected chi connectivity index (χ0v) is 19.8. The summed E-state index contributed by atoms with van der Waals surface area (Å²) in [5.74, 6) is 0.0442. The van der Waals surface area contributed by atoms with Crippen molar-refractivity contribution in [2.75, 3.05) is 5.32 Å². The molecule has 9 nitrogen and oxygen atoms in total. The van der Waals surface area contributed by atoms with Crippen molar-refractivity contribution in [1.29, 1.82) is 0 Å². The Morgan fingerprint density at radius 3 is 2.56 bits per heavy atom. The molecule has 9 heteroatoms. The number of fused-ring (bicyclic) bond motifs is 1. The number of nitrogens with one attached hydrogen (secondary N) is 2. The van der Waals surface area contributed by atoms with Crippen molar-refractivity contribution in [3.05, 3.63) is 85.8 Å². The molecule has 0 aliphatic heterocycles. The first-order valence-electron chi connectivity index (χ1n) is 11.4. The Morgan fingerprint density at radius 1 is 1.15 bits per heavy atom. The van der Waals surface area contributed by atoms with E-state index in [1.807, 2.05) is 58.0 Å². The van der Waals surface area contributed by atoms with E-state index in [0.29, 0.717) is 31.0 Å². The number of amides is 1. The maximum absolute atomic E-state index is 13.5. The lowest BCUT2D eigenvalue weighted by molar-refractivity contribution is 0.102. The third-order valence-corrected chi connectivity index (χ3v) is 5.57. The van der Waals surface area contributed by atoms with E-state index in [0.717, 1.165) is 11.3 Å². The largest absolute Gasteiger partial charge is 0.329 e. The summed E-state index contributed by atoms with van der Waals surface area (Å²) in [7, 11) is 0. The summed E-state index contributed by atoms with van der Waals surface area (Å²) in [6.45, 7) is 8.54. The molecule has 0 unspecified atom stereocenters. The average molecular weight is 461 g/mol. The fourth-order valence-corrected chi connectivity index (χ4v) is 3.91. The standard InChI is InChI=1S/C25H28N6O3/c1-5-11-30-22-21(24(33)28-25(30)34)18(13-19(26-22)15(2)3)23(32)27-20-12-16(4)29-31(20)14-17-9-7-6-8-10-17/h6-10,12-13,15H,5,11,14H2,1-4H3,(H,27,32)(H,28,33,34). The molecule has 0 fully saturated rings. The van der Waals surface area contributed by atoms with Crippen LogP contribution >= 0.6 is 0 Å². The molecule has 4 aromatic rings. The van der Waals surface area contributed by atoms with E-state index in [1.54, 1.807) is 16.8 Å². The Morgan fingerprint density at radius 2 is 1.88 bits per heavy atom. The number of carbonyl (C=O) groups excluding carboxylic acids is 1. The van der Waals surface area contributed by atoms with Gasteiger partial charge in [0.05, 0.1) is 23.2 Å². The zero-order chi connectivity index (χ0) is 24.4. The highest BCUT2D eigenvalue weighted by Crippen LogP contribution is 2.22. The summed E-state index contributed by atoms with van der Waals surface area (Å²) in [5, 5.41) is 7.52. The molecule has 0 atom stereocenters. The van der Waals surface area contributed by atoms with Crippen molar-refractivity contribution in [2.45, 2.75) is 53.1 Å². The Hall–Kier alpha value is -4.01. The molecule has 3 aromatic heterocycles. The first-order valence-corrected chi connectivity index (χ1v) is 11.4.